The van der Waals surface area contributed by atoms with Crippen LogP contribution >= 0.6 is 23.2 Å². The normalized spacial score (nSPS) is 15.5. The highest BCUT2D eigenvalue weighted by Gasteiger charge is 2.31. The Morgan fingerprint density at radius 3 is 2.50 bits per heavy atom. The molecule has 0 amide bonds. The molecule has 5 nitrogen and oxygen atoms in total. The van der Waals surface area contributed by atoms with E-state index in [2.05, 4.69) is 5.32 Å². The van der Waals surface area contributed by atoms with Crippen LogP contribution in [0.15, 0.2) is 35.2 Å². The zero-order valence-electron chi connectivity index (χ0n) is 15.5. The lowest BCUT2D eigenvalue weighted by Crippen LogP contribution is -2.34. The van der Waals surface area contributed by atoms with Crippen LogP contribution in [-0.4, -0.2) is 33.4 Å². The maximum atomic E-state index is 13.6. The second-order valence-electron chi connectivity index (χ2n) is 6.63. The first kappa shape index (κ1) is 23.1. The maximum Gasteiger partial charge on any atom is 0.341 e. The summed E-state index contributed by atoms with van der Waals surface area (Å²) in [7, 11) is -4.91. The summed E-state index contributed by atoms with van der Waals surface area (Å²) in [6, 6.07) is 5.65. The molecule has 164 valence electrons. The number of benzene rings is 2. The molecular weight excluding hydrogens is 466 g/mol. The topological polar surface area (TPSA) is 64.6 Å². The molecule has 1 heterocycles. The zero-order valence-corrected chi connectivity index (χ0v) is 17.8. The predicted octanol–water partition coefficient (Wildman–Crippen LogP) is 5.19. The summed E-state index contributed by atoms with van der Waals surface area (Å²) in [5, 5.41) is 3.04. The van der Waals surface area contributed by atoms with Crippen molar-refractivity contribution in [3.05, 3.63) is 51.8 Å². The molecule has 2 aromatic rings. The van der Waals surface area contributed by atoms with Gasteiger partial charge in [0.2, 0.25) is 9.84 Å². The second kappa shape index (κ2) is 9.74. The maximum absolute atomic E-state index is 13.6. The number of nitrogens with one attached hydrogen (secondary N) is 1. The molecule has 1 saturated heterocycles. The van der Waals surface area contributed by atoms with Crippen LogP contribution in [0.1, 0.15) is 18.4 Å². The second-order valence-corrected chi connectivity index (χ2v) is 9.34. The molecule has 30 heavy (non-hydrogen) atoms. The van der Waals surface area contributed by atoms with E-state index in [0.29, 0.717) is 26.1 Å². The Bertz CT molecular complexity index is 995. The van der Waals surface area contributed by atoms with Crippen LogP contribution in [-0.2, 0) is 21.1 Å². The Balaban J connectivity index is 1.97. The van der Waals surface area contributed by atoms with Crippen molar-refractivity contribution >= 4 is 33.0 Å². The highest BCUT2D eigenvalue weighted by Crippen LogP contribution is 2.38. The van der Waals surface area contributed by atoms with Crippen molar-refractivity contribution < 1.29 is 31.1 Å². The van der Waals surface area contributed by atoms with E-state index in [-0.39, 0.29) is 39.7 Å². The summed E-state index contributed by atoms with van der Waals surface area (Å²) < 4.78 is 75.1. The molecule has 0 saturated carbocycles. The van der Waals surface area contributed by atoms with Crippen molar-refractivity contribution in [1.82, 2.24) is 5.32 Å². The summed E-state index contributed by atoms with van der Waals surface area (Å²) in [5.74, 6) is -4.25. The van der Waals surface area contributed by atoms with E-state index in [1.165, 1.54) is 6.07 Å². The van der Waals surface area contributed by atoms with Gasteiger partial charge in [-0.3, -0.25) is 0 Å². The van der Waals surface area contributed by atoms with Crippen LogP contribution in [0.2, 0.25) is 10.0 Å². The molecule has 1 aliphatic heterocycles. The standard InChI is InChI=1S/C19H18Cl2F3NO4S/c20-11-7-12(22)9-14(8-11)29-16-1-2-17(30(26,27)19(23)24)15(18(16)21)10-25-13-3-5-28-6-4-13/h1-2,7-9,13,19,25H,3-6,10H2. The Kier molecular flexibility index (Phi) is 7.52. The zero-order chi connectivity index (χ0) is 21.9. The van der Waals surface area contributed by atoms with Crippen molar-refractivity contribution in [2.24, 2.45) is 0 Å². The largest absolute Gasteiger partial charge is 0.456 e. The molecule has 2 aromatic carbocycles. The first-order chi connectivity index (χ1) is 14.2. The lowest BCUT2D eigenvalue weighted by atomic mass is 10.1. The van der Waals surface area contributed by atoms with Crippen LogP contribution in [0.25, 0.3) is 0 Å². The summed E-state index contributed by atoms with van der Waals surface area (Å²) >= 11 is 12.2. The number of hydrogen-bond donors (Lipinski definition) is 1. The fraction of sp³-hybridized carbons (Fsp3) is 0.368. The molecule has 0 radical (unpaired) electrons. The van der Waals surface area contributed by atoms with Gasteiger partial charge < -0.3 is 14.8 Å². The molecule has 0 spiro atoms. The average molecular weight is 484 g/mol. The van der Waals surface area contributed by atoms with Gasteiger partial charge >= 0.3 is 5.76 Å². The van der Waals surface area contributed by atoms with E-state index in [9.17, 15) is 21.6 Å². The average Bonchev–Trinajstić information content (AvgIpc) is 2.68. The smallest absolute Gasteiger partial charge is 0.341 e. The van der Waals surface area contributed by atoms with E-state index in [0.717, 1.165) is 24.3 Å². The molecule has 1 fully saturated rings. The number of sulfone groups is 1. The number of rotatable bonds is 7. The van der Waals surface area contributed by atoms with Gasteiger partial charge in [-0.25, -0.2) is 12.8 Å². The minimum atomic E-state index is -4.91. The van der Waals surface area contributed by atoms with Gasteiger partial charge in [0, 0.05) is 42.5 Å². The molecule has 0 aromatic heterocycles. The summed E-state index contributed by atoms with van der Waals surface area (Å²) in [6.07, 6.45) is 1.37. The SMILES string of the molecule is O=S(=O)(c1ccc(Oc2cc(F)cc(Cl)c2)c(Cl)c1CNC1CCOCC1)C(F)F. The fourth-order valence-electron chi connectivity index (χ4n) is 3.05. The van der Waals surface area contributed by atoms with Crippen LogP contribution in [0.5, 0.6) is 11.5 Å². The van der Waals surface area contributed by atoms with Gasteiger partial charge in [-0.05, 0) is 37.1 Å². The lowest BCUT2D eigenvalue weighted by Gasteiger charge is -2.24. The van der Waals surface area contributed by atoms with E-state index in [4.69, 9.17) is 32.7 Å². The monoisotopic (exact) mass is 483 g/mol. The van der Waals surface area contributed by atoms with E-state index in [1.54, 1.807) is 0 Å². The Labute approximate surface area is 182 Å². The van der Waals surface area contributed by atoms with Gasteiger partial charge in [0.1, 0.15) is 17.3 Å². The Hall–Kier alpha value is -1.52. The first-order valence-electron chi connectivity index (χ1n) is 8.97. The molecule has 11 heteroatoms. The van der Waals surface area contributed by atoms with Gasteiger partial charge in [-0.15, -0.1) is 0 Å². The molecule has 0 atom stereocenters. The first-order valence-corrected chi connectivity index (χ1v) is 11.3. The quantitative estimate of drug-likeness (QED) is 0.586. The third-order valence-electron chi connectivity index (χ3n) is 4.56. The van der Waals surface area contributed by atoms with Crippen LogP contribution in [0, 0.1) is 5.82 Å². The molecule has 3 rings (SSSR count). The van der Waals surface area contributed by atoms with Crippen LogP contribution in [0.3, 0.4) is 0 Å². The molecule has 1 aliphatic rings. The lowest BCUT2D eigenvalue weighted by molar-refractivity contribution is 0.0775. The third-order valence-corrected chi connectivity index (χ3v) is 6.66. The van der Waals surface area contributed by atoms with E-state index in [1.807, 2.05) is 0 Å². The van der Waals surface area contributed by atoms with E-state index < -0.39 is 26.3 Å². The van der Waals surface area contributed by atoms with Gasteiger partial charge in [-0.2, -0.15) is 8.78 Å². The number of ether oxygens (including phenoxy) is 2. The predicted molar refractivity (Wildman–Crippen MR) is 107 cm³/mol. The van der Waals surface area contributed by atoms with Gasteiger partial charge in [0.15, 0.2) is 0 Å². The van der Waals surface area contributed by atoms with Crippen molar-refractivity contribution in [2.45, 2.75) is 36.1 Å². The molecular formula is C19H18Cl2F3NO4S. The minimum absolute atomic E-state index is 0.0171. The number of hydrogen-bond acceptors (Lipinski definition) is 5. The van der Waals surface area contributed by atoms with Crippen molar-refractivity contribution in [3.63, 3.8) is 0 Å². The Morgan fingerprint density at radius 1 is 1.17 bits per heavy atom. The van der Waals surface area contributed by atoms with Crippen molar-refractivity contribution in [1.29, 1.82) is 0 Å². The van der Waals surface area contributed by atoms with Gasteiger partial charge in [-0.1, -0.05) is 23.2 Å². The Morgan fingerprint density at radius 2 is 1.87 bits per heavy atom. The van der Waals surface area contributed by atoms with Crippen LogP contribution in [0.4, 0.5) is 13.2 Å². The molecule has 0 unspecified atom stereocenters. The third kappa shape index (κ3) is 5.39. The number of halogens is 5. The fourth-order valence-corrected chi connectivity index (χ4v) is 4.56. The summed E-state index contributed by atoms with van der Waals surface area (Å²) in [5.41, 5.74) is -0.0524. The highest BCUT2D eigenvalue weighted by molar-refractivity contribution is 7.91. The van der Waals surface area contributed by atoms with Crippen LogP contribution < -0.4 is 10.1 Å². The molecule has 0 aliphatic carbocycles. The van der Waals surface area contributed by atoms with E-state index >= 15 is 0 Å². The summed E-state index contributed by atoms with van der Waals surface area (Å²) in [6.45, 7) is 1.00. The van der Waals surface area contributed by atoms with Gasteiger partial charge in [0.05, 0.1) is 9.92 Å². The molecule has 0 bridgehead atoms. The molecule has 1 N–H and O–H groups in total. The van der Waals surface area contributed by atoms with Gasteiger partial charge in [0.25, 0.3) is 0 Å². The van der Waals surface area contributed by atoms with Crippen molar-refractivity contribution in [2.75, 3.05) is 13.2 Å². The minimum Gasteiger partial charge on any atom is -0.456 e. The summed E-state index contributed by atoms with van der Waals surface area (Å²) in [4.78, 5) is -0.591. The number of alkyl halides is 2. The highest BCUT2D eigenvalue weighted by atomic mass is 35.5. The van der Waals surface area contributed by atoms with Crippen molar-refractivity contribution in [3.8, 4) is 11.5 Å².